The molecule has 0 aliphatic carbocycles. The minimum atomic E-state index is -0.857. The van der Waals surface area contributed by atoms with Crippen LogP contribution in [0.2, 0.25) is 0 Å². The van der Waals surface area contributed by atoms with Gasteiger partial charge in [0.2, 0.25) is 0 Å². The van der Waals surface area contributed by atoms with Crippen molar-refractivity contribution in [2.75, 3.05) is 24.7 Å². The summed E-state index contributed by atoms with van der Waals surface area (Å²) in [5.41, 5.74) is 2.42. The minimum absolute atomic E-state index is 0.0131. The largest absolute Gasteiger partial charge is 0.507 e. The third-order valence-corrected chi connectivity index (χ3v) is 6.27. The lowest BCUT2D eigenvalue weighted by molar-refractivity contribution is -0.132. The molecule has 1 aliphatic heterocycles. The van der Waals surface area contributed by atoms with Crippen LogP contribution in [0.25, 0.3) is 5.76 Å². The van der Waals surface area contributed by atoms with Gasteiger partial charge < -0.3 is 19.3 Å². The summed E-state index contributed by atoms with van der Waals surface area (Å²) in [6.07, 6.45) is 0.872. The quantitative estimate of drug-likeness (QED) is 0.196. The van der Waals surface area contributed by atoms with Crippen LogP contribution in [0.4, 0.5) is 5.69 Å². The number of benzene rings is 3. The van der Waals surface area contributed by atoms with Crippen LogP contribution in [-0.2, 0) is 9.59 Å². The van der Waals surface area contributed by atoms with E-state index < -0.39 is 17.7 Å². The Labute approximate surface area is 223 Å². The lowest BCUT2D eigenvalue weighted by Crippen LogP contribution is -2.29. The summed E-state index contributed by atoms with van der Waals surface area (Å²) in [7, 11) is 0. The molecule has 7 heteroatoms. The highest BCUT2D eigenvalue weighted by atomic mass is 16.5. The molecule has 1 fully saturated rings. The average Bonchev–Trinajstić information content (AvgIpc) is 3.18. The number of hydrogen-bond donors (Lipinski definition) is 1. The first kappa shape index (κ1) is 26.8. The number of carbonyl (C=O) groups excluding carboxylic acids is 2. The minimum Gasteiger partial charge on any atom is -0.507 e. The van der Waals surface area contributed by atoms with Crippen molar-refractivity contribution in [3.05, 3.63) is 89.0 Å². The fraction of sp³-hybridized carbons (Fsp3) is 0.290. The molecule has 1 N–H and O–H groups in total. The number of aliphatic hydroxyl groups excluding tert-OH is 1. The van der Waals surface area contributed by atoms with Crippen molar-refractivity contribution < 1.29 is 28.9 Å². The Hall–Kier alpha value is -4.26. The maximum absolute atomic E-state index is 13.5. The van der Waals surface area contributed by atoms with Gasteiger partial charge >= 0.3 is 0 Å². The Balaban J connectivity index is 1.86. The van der Waals surface area contributed by atoms with Crippen molar-refractivity contribution in [3.8, 4) is 17.2 Å². The van der Waals surface area contributed by atoms with Crippen LogP contribution in [-0.4, -0.2) is 36.6 Å². The fourth-order valence-electron chi connectivity index (χ4n) is 4.55. The van der Waals surface area contributed by atoms with Crippen LogP contribution in [0.5, 0.6) is 17.2 Å². The van der Waals surface area contributed by atoms with Gasteiger partial charge in [-0.05, 0) is 92.9 Å². The van der Waals surface area contributed by atoms with Crippen LogP contribution < -0.4 is 19.1 Å². The lowest BCUT2D eigenvalue weighted by atomic mass is 9.94. The maximum atomic E-state index is 13.5. The summed E-state index contributed by atoms with van der Waals surface area (Å²) in [6, 6.07) is 18.6. The molecule has 3 aromatic carbocycles. The van der Waals surface area contributed by atoms with Gasteiger partial charge in [0, 0.05) is 11.3 Å². The van der Waals surface area contributed by atoms with Crippen molar-refractivity contribution in [1.29, 1.82) is 0 Å². The molecule has 3 aromatic rings. The lowest BCUT2D eigenvalue weighted by Gasteiger charge is -2.26. The molecule has 1 amide bonds. The van der Waals surface area contributed by atoms with Gasteiger partial charge in [-0.3, -0.25) is 14.5 Å². The molecule has 4 rings (SSSR count). The Morgan fingerprint density at radius 2 is 1.58 bits per heavy atom. The van der Waals surface area contributed by atoms with Crippen molar-refractivity contribution in [2.45, 2.75) is 40.2 Å². The molecule has 1 heterocycles. The van der Waals surface area contributed by atoms with E-state index in [1.807, 2.05) is 45.9 Å². The predicted molar refractivity (Wildman–Crippen MR) is 147 cm³/mol. The van der Waals surface area contributed by atoms with E-state index in [4.69, 9.17) is 14.2 Å². The van der Waals surface area contributed by atoms with Gasteiger partial charge in [-0.1, -0.05) is 19.1 Å². The second-order valence-electron chi connectivity index (χ2n) is 8.93. The molecule has 0 saturated carbocycles. The van der Waals surface area contributed by atoms with Crippen LogP contribution >= 0.6 is 0 Å². The first-order valence-corrected chi connectivity index (χ1v) is 12.9. The fourth-order valence-corrected chi connectivity index (χ4v) is 4.55. The van der Waals surface area contributed by atoms with Gasteiger partial charge in [0.25, 0.3) is 11.7 Å². The molecule has 1 unspecified atom stereocenters. The van der Waals surface area contributed by atoms with Crippen LogP contribution in [0.3, 0.4) is 0 Å². The zero-order valence-electron chi connectivity index (χ0n) is 22.2. The van der Waals surface area contributed by atoms with E-state index in [1.54, 1.807) is 48.5 Å². The highest BCUT2D eigenvalue weighted by molar-refractivity contribution is 6.51. The number of Topliss-reactive ketones (excluding diaryl/α,β-unsaturated/α-hetero) is 1. The van der Waals surface area contributed by atoms with Crippen LogP contribution in [0, 0.1) is 6.92 Å². The van der Waals surface area contributed by atoms with E-state index in [0.29, 0.717) is 53.9 Å². The second-order valence-corrected chi connectivity index (χ2v) is 8.93. The Kier molecular flexibility index (Phi) is 8.36. The van der Waals surface area contributed by atoms with E-state index in [2.05, 4.69) is 0 Å². The monoisotopic (exact) mass is 515 g/mol. The summed E-state index contributed by atoms with van der Waals surface area (Å²) in [4.78, 5) is 28.3. The number of amides is 1. The normalized spacial score (nSPS) is 16.5. The maximum Gasteiger partial charge on any atom is 0.300 e. The van der Waals surface area contributed by atoms with E-state index in [0.717, 1.165) is 12.0 Å². The average molecular weight is 516 g/mol. The van der Waals surface area contributed by atoms with Gasteiger partial charge in [-0.25, -0.2) is 0 Å². The van der Waals surface area contributed by atoms with E-state index in [1.165, 1.54) is 4.90 Å². The molecule has 1 aliphatic rings. The summed E-state index contributed by atoms with van der Waals surface area (Å²) < 4.78 is 17.0. The highest BCUT2D eigenvalue weighted by Crippen LogP contribution is 2.43. The standard InChI is InChI=1S/C31H33NO6/c1-5-17-38-26-16-11-22(18-20(26)4)29(33)27-28(21-9-8-10-25(19-21)37-7-3)32(31(35)30(27)34)23-12-14-24(15-13-23)36-6-2/h8-16,18-19,28,33H,5-7,17H2,1-4H3/b29-27+. The Morgan fingerprint density at radius 1 is 0.868 bits per heavy atom. The number of rotatable bonds is 10. The van der Waals surface area contributed by atoms with E-state index in [9.17, 15) is 14.7 Å². The molecular weight excluding hydrogens is 482 g/mol. The molecule has 0 aromatic heterocycles. The number of aryl methyl sites for hydroxylation is 1. The first-order chi connectivity index (χ1) is 18.4. The zero-order valence-corrected chi connectivity index (χ0v) is 22.2. The molecule has 0 radical (unpaired) electrons. The second kappa shape index (κ2) is 11.9. The number of ether oxygens (including phenoxy) is 3. The summed E-state index contributed by atoms with van der Waals surface area (Å²) in [5, 5.41) is 11.5. The van der Waals surface area contributed by atoms with Crippen molar-refractivity contribution in [2.24, 2.45) is 0 Å². The van der Waals surface area contributed by atoms with E-state index in [-0.39, 0.29) is 11.3 Å². The molecule has 1 saturated heterocycles. The van der Waals surface area contributed by atoms with Gasteiger partial charge in [-0.15, -0.1) is 0 Å². The zero-order chi connectivity index (χ0) is 27.2. The molecule has 7 nitrogen and oxygen atoms in total. The first-order valence-electron chi connectivity index (χ1n) is 12.9. The number of hydrogen-bond acceptors (Lipinski definition) is 6. The molecule has 0 bridgehead atoms. The van der Waals surface area contributed by atoms with Crippen LogP contribution in [0.1, 0.15) is 49.9 Å². The summed E-state index contributed by atoms with van der Waals surface area (Å²) in [6.45, 7) is 9.24. The number of nitrogens with zero attached hydrogens (tertiary/aromatic N) is 1. The van der Waals surface area contributed by atoms with E-state index >= 15 is 0 Å². The predicted octanol–water partition coefficient (Wildman–Crippen LogP) is 6.21. The molecule has 198 valence electrons. The van der Waals surface area contributed by atoms with Crippen LogP contribution in [0.15, 0.2) is 72.3 Å². The van der Waals surface area contributed by atoms with Crippen molar-refractivity contribution >= 4 is 23.1 Å². The summed E-state index contributed by atoms with van der Waals surface area (Å²) in [5.74, 6) is 0.251. The highest BCUT2D eigenvalue weighted by Gasteiger charge is 2.47. The number of carbonyl (C=O) groups is 2. The number of anilines is 1. The smallest absolute Gasteiger partial charge is 0.300 e. The third-order valence-electron chi connectivity index (χ3n) is 6.27. The van der Waals surface area contributed by atoms with Crippen molar-refractivity contribution in [1.82, 2.24) is 0 Å². The van der Waals surface area contributed by atoms with Gasteiger partial charge in [0.15, 0.2) is 0 Å². The topological polar surface area (TPSA) is 85.3 Å². The molecule has 38 heavy (non-hydrogen) atoms. The molecular formula is C31H33NO6. The SMILES string of the molecule is CCCOc1ccc(/C(O)=C2\C(=O)C(=O)N(c3ccc(OCC)cc3)C2c2cccc(OCC)c2)cc1C. The number of aliphatic hydroxyl groups is 1. The molecule has 0 spiro atoms. The number of ketones is 1. The van der Waals surface area contributed by atoms with Gasteiger partial charge in [0.05, 0.1) is 31.4 Å². The van der Waals surface area contributed by atoms with Crippen molar-refractivity contribution in [3.63, 3.8) is 0 Å². The Morgan fingerprint density at radius 3 is 2.24 bits per heavy atom. The van der Waals surface area contributed by atoms with Gasteiger partial charge in [-0.2, -0.15) is 0 Å². The van der Waals surface area contributed by atoms with Gasteiger partial charge in [0.1, 0.15) is 23.0 Å². The summed E-state index contributed by atoms with van der Waals surface area (Å²) >= 11 is 0. The third kappa shape index (κ3) is 5.37. The molecule has 1 atom stereocenters. The Bertz CT molecular complexity index is 1340.